The minimum atomic E-state index is -0.595. The van der Waals surface area contributed by atoms with Gasteiger partial charge >= 0.3 is 5.97 Å². The van der Waals surface area contributed by atoms with Crippen molar-refractivity contribution in [3.05, 3.63) is 34.3 Å². The lowest BCUT2D eigenvalue weighted by Gasteiger charge is -2.01. The predicted molar refractivity (Wildman–Crippen MR) is 70.1 cm³/mol. The molecule has 0 amide bonds. The number of hydrogen-bond acceptors (Lipinski definition) is 4. The number of rotatable bonds is 3. The lowest BCUT2D eigenvalue weighted by molar-refractivity contribution is 0.0512. The van der Waals surface area contributed by atoms with E-state index in [1.54, 1.807) is 26.1 Å². The van der Waals surface area contributed by atoms with Gasteiger partial charge in [0, 0.05) is 12.6 Å². The molecule has 0 radical (unpaired) electrons. The highest BCUT2D eigenvalue weighted by atomic mass is 79.9. The summed E-state index contributed by atoms with van der Waals surface area (Å²) in [6, 6.07) is 4.58. The van der Waals surface area contributed by atoms with E-state index >= 15 is 0 Å². The van der Waals surface area contributed by atoms with Crippen molar-refractivity contribution in [2.75, 3.05) is 6.61 Å². The van der Waals surface area contributed by atoms with Crippen molar-refractivity contribution in [1.82, 2.24) is 14.8 Å². The molecule has 1 aromatic carbocycles. The molecule has 7 heteroatoms. The second kappa shape index (κ2) is 5.48. The lowest BCUT2D eigenvalue weighted by Crippen LogP contribution is -2.07. The largest absolute Gasteiger partial charge is 0.460 e. The minimum absolute atomic E-state index is 0.0392. The van der Waals surface area contributed by atoms with Gasteiger partial charge in [0.15, 0.2) is 5.82 Å². The maximum atomic E-state index is 13.5. The molecule has 0 N–H and O–H groups in total. The van der Waals surface area contributed by atoms with Crippen molar-refractivity contribution < 1.29 is 13.9 Å². The number of carbonyl (C=O) groups is 1. The number of hydrogen-bond donors (Lipinski definition) is 0. The van der Waals surface area contributed by atoms with E-state index in [0.29, 0.717) is 15.9 Å². The summed E-state index contributed by atoms with van der Waals surface area (Å²) in [7, 11) is 1.63. The Kier molecular flexibility index (Phi) is 3.94. The van der Waals surface area contributed by atoms with E-state index < -0.39 is 11.8 Å². The van der Waals surface area contributed by atoms with E-state index in [0.717, 1.165) is 0 Å². The van der Waals surface area contributed by atoms with Gasteiger partial charge in [0.25, 0.3) is 5.82 Å². The number of nitrogens with zero attached hydrogens (tertiary/aromatic N) is 3. The molecule has 0 fully saturated rings. The third-order valence-corrected chi connectivity index (χ3v) is 3.04. The van der Waals surface area contributed by atoms with Crippen LogP contribution in [0.1, 0.15) is 17.5 Å². The monoisotopic (exact) mass is 327 g/mol. The van der Waals surface area contributed by atoms with Crippen LogP contribution in [0, 0.1) is 5.82 Å². The molecule has 2 rings (SSSR count). The first-order valence-corrected chi connectivity index (χ1v) is 6.35. The van der Waals surface area contributed by atoms with Crippen molar-refractivity contribution >= 4 is 21.9 Å². The molecule has 0 aliphatic rings. The van der Waals surface area contributed by atoms with E-state index in [9.17, 15) is 9.18 Å². The fourth-order valence-corrected chi connectivity index (χ4v) is 1.80. The molecule has 0 bridgehead atoms. The van der Waals surface area contributed by atoms with E-state index in [2.05, 4.69) is 26.0 Å². The van der Waals surface area contributed by atoms with Crippen LogP contribution < -0.4 is 0 Å². The number of aromatic nitrogens is 3. The van der Waals surface area contributed by atoms with Crippen LogP contribution in [0.3, 0.4) is 0 Å². The molecule has 1 heterocycles. The first kappa shape index (κ1) is 13.7. The maximum Gasteiger partial charge on any atom is 0.378 e. The summed E-state index contributed by atoms with van der Waals surface area (Å²) in [6.07, 6.45) is 0. The average Bonchev–Trinajstić information content (AvgIpc) is 2.75. The second-order valence-electron chi connectivity index (χ2n) is 3.73. The first-order valence-electron chi connectivity index (χ1n) is 5.56. The zero-order valence-corrected chi connectivity index (χ0v) is 11.9. The zero-order valence-electron chi connectivity index (χ0n) is 10.4. The van der Waals surface area contributed by atoms with Gasteiger partial charge in [0.1, 0.15) is 5.82 Å². The molecule has 0 saturated carbocycles. The van der Waals surface area contributed by atoms with E-state index in [1.165, 1.54) is 10.7 Å². The van der Waals surface area contributed by atoms with Crippen molar-refractivity contribution in [2.45, 2.75) is 6.92 Å². The highest BCUT2D eigenvalue weighted by molar-refractivity contribution is 9.10. The Balaban J connectivity index is 2.40. The topological polar surface area (TPSA) is 57.0 Å². The quantitative estimate of drug-likeness (QED) is 0.813. The number of ether oxygens (including phenoxy) is 1. The third kappa shape index (κ3) is 2.81. The molecule has 0 aliphatic heterocycles. The van der Waals surface area contributed by atoms with Gasteiger partial charge in [-0.25, -0.2) is 18.9 Å². The predicted octanol–water partition coefficient (Wildman–Crippen LogP) is 2.56. The molecular weight excluding hydrogens is 317 g/mol. The highest BCUT2D eigenvalue weighted by Crippen LogP contribution is 2.23. The molecular formula is C12H11BrFN3O2. The Morgan fingerprint density at radius 3 is 2.89 bits per heavy atom. The molecule has 100 valence electrons. The molecule has 1 aromatic heterocycles. The summed E-state index contributed by atoms with van der Waals surface area (Å²) in [6.45, 7) is 1.95. The van der Waals surface area contributed by atoms with Gasteiger partial charge in [-0.05, 0) is 41.1 Å². The van der Waals surface area contributed by atoms with Crippen LogP contribution in [0.15, 0.2) is 22.7 Å². The van der Waals surface area contributed by atoms with Crippen LogP contribution in [-0.4, -0.2) is 27.3 Å². The fourth-order valence-electron chi connectivity index (χ4n) is 1.55. The van der Waals surface area contributed by atoms with E-state index in [4.69, 9.17) is 4.74 Å². The highest BCUT2D eigenvalue weighted by Gasteiger charge is 2.17. The molecule has 2 aromatic rings. The van der Waals surface area contributed by atoms with Crippen LogP contribution in [0.2, 0.25) is 0 Å². The Bertz CT molecular complexity index is 627. The smallest absolute Gasteiger partial charge is 0.378 e. The molecule has 19 heavy (non-hydrogen) atoms. The molecule has 0 aliphatic carbocycles. The second-order valence-corrected chi connectivity index (χ2v) is 4.59. The number of halogens is 2. The standard InChI is InChI=1S/C12H11BrFN3O2/c1-3-19-12(18)10-15-11(17(2)16-10)7-4-5-8(13)9(14)6-7/h4-6H,3H2,1-2H3. The third-order valence-electron chi connectivity index (χ3n) is 2.40. The summed E-state index contributed by atoms with van der Waals surface area (Å²) < 4.78 is 20.1. The summed E-state index contributed by atoms with van der Waals surface area (Å²) >= 11 is 3.08. The number of aryl methyl sites for hydroxylation is 1. The molecule has 0 spiro atoms. The first-order chi connectivity index (χ1) is 9.02. The normalized spacial score (nSPS) is 10.5. The average molecular weight is 328 g/mol. The Morgan fingerprint density at radius 1 is 1.53 bits per heavy atom. The van der Waals surface area contributed by atoms with Crippen molar-refractivity contribution in [1.29, 1.82) is 0 Å². The summed E-state index contributed by atoms with van der Waals surface area (Å²) in [5.74, 6) is -0.641. The Hall–Kier alpha value is -1.76. The maximum absolute atomic E-state index is 13.5. The lowest BCUT2D eigenvalue weighted by atomic mass is 10.2. The van der Waals surface area contributed by atoms with Crippen LogP contribution in [0.4, 0.5) is 4.39 Å². The zero-order chi connectivity index (χ0) is 14.0. The summed E-state index contributed by atoms with van der Waals surface area (Å²) in [5.41, 5.74) is 0.534. The van der Waals surface area contributed by atoms with Gasteiger partial charge in [-0.15, -0.1) is 5.10 Å². The van der Waals surface area contributed by atoms with Crippen molar-refractivity contribution in [3.8, 4) is 11.4 Å². The molecule has 5 nitrogen and oxygen atoms in total. The molecule has 0 saturated heterocycles. The van der Waals surface area contributed by atoms with Gasteiger partial charge in [0.05, 0.1) is 11.1 Å². The van der Waals surface area contributed by atoms with E-state index in [-0.39, 0.29) is 12.4 Å². The van der Waals surface area contributed by atoms with Gasteiger partial charge < -0.3 is 4.74 Å². The van der Waals surface area contributed by atoms with Gasteiger partial charge in [-0.2, -0.15) is 0 Å². The van der Waals surface area contributed by atoms with Gasteiger partial charge in [0.2, 0.25) is 0 Å². The van der Waals surface area contributed by atoms with E-state index in [1.807, 2.05) is 0 Å². The molecule has 0 atom stereocenters. The Morgan fingerprint density at radius 2 is 2.26 bits per heavy atom. The number of carbonyl (C=O) groups excluding carboxylic acids is 1. The fraction of sp³-hybridized carbons (Fsp3) is 0.250. The number of esters is 1. The van der Waals surface area contributed by atoms with Crippen LogP contribution in [-0.2, 0) is 11.8 Å². The van der Waals surface area contributed by atoms with Crippen LogP contribution >= 0.6 is 15.9 Å². The van der Waals surface area contributed by atoms with Gasteiger partial charge in [-0.1, -0.05) is 0 Å². The summed E-state index contributed by atoms with van der Waals surface area (Å²) in [5, 5.41) is 3.95. The van der Waals surface area contributed by atoms with Crippen LogP contribution in [0.5, 0.6) is 0 Å². The Labute approximate surface area is 117 Å². The summed E-state index contributed by atoms with van der Waals surface area (Å²) in [4.78, 5) is 15.6. The van der Waals surface area contributed by atoms with Crippen molar-refractivity contribution in [3.63, 3.8) is 0 Å². The SMILES string of the molecule is CCOC(=O)c1nc(-c2ccc(Br)c(F)c2)n(C)n1. The molecule has 0 unspecified atom stereocenters. The van der Waals surface area contributed by atoms with Crippen molar-refractivity contribution in [2.24, 2.45) is 7.05 Å². The van der Waals surface area contributed by atoms with Gasteiger partial charge in [-0.3, -0.25) is 0 Å². The minimum Gasteiger partial charge on any atom is -0.460 e. The van der Waals surface area contributed by atoms with Crippen LogP contribution in [0.25, 0.3) is 11.4 Å². The number of benzene rings is 1.